The van der Waals surface area contributed by atoms with E-state index in [2.05, 4.69) is 31.9 Å². The molecule has 0 N–H and O–H groups in total. The van der Waals surface area contributed by atoms with Gasteiger partial charge >= 0.3 is 0 Å². The van der Waals surface area contributed by atoms with E-state index in [1.165, 1.54) is 0 Å². The highest BCUT2D eigenvalue weighted by molar-refractivity contribution is 9.10. The standard InChI is InChI=1S/C26H11Br2F5/c27-13-7-9-16-17(10-13)19(12-4-2-1-3-5-12)15-8-6-14(28)11-18(15)20(16)21-22(29)24(31)26(33)25(32)23(21)30/h1-11H. The highest BCUT2D eigenvalue weighted by Gasteiger charge is 2.29. The fraction of sp³-hybridized carbons (Fsp3) is 0. The summed E-state index contributed by atoms with van der Waals surface area (Å²) in [6.07, 6.45) is 0. The molecule has 0 saturated heterocycles. The molecule has 0 atom stereocenters. The van der Waals surface area contributed by atoms with E-state index >= 15 is 8.78 Å². The van der Waals surface area contributed by atoms with Crippen molar-refractivity contribution in [3.8, 4) is 22.3 Å². The van der Waals surface area contributed by atoms with Crippen LogP contribution in [0.2, 0.25) is 0 Å². The predicted octanol–water partition coefficient (Wildman–Crippen LogP) is 9.55. The van der Waals surface area contributed by atoms with Crippen molar-refractivity contribution >= 4 is 53.4 Å². The van der Waals surface area contributed by atoms with Crippen LogP contribution in [-0.4, -0.2) is 0 Å². The van der Waals surface area contributed by atoms with Crippen LogP contribution in [0.25, 0.3) is 43.8 Å². The first-order valence-corrected chi connectivity index (χ1v) is 11.3. The summed E-state index contributed by atoms with van der Waals surface area (Å²) in [7, 11) is 0. The molecule has 0 fully saturated rings. The van der Waals surface area contributed by atoms with E-state index in [0.717, 1.165) is 11.1 Å². The van der Waals surface area contributed by atoms with Crippen LogP contribution >= 0.6 is 31.9 Å². The van der Waals surface area contributed by atoms with E-state index < -0.39 is 34.6 Å². The molecule has 164 valence electrons. The van der Waals surface area contributed by atoms with Gasteiger partial charge in [0.2, 0.25) is 5.82 Å². The van der Waals surface area contributed by atoms with Gasteiger partial charge in [0.1, 0.15) is 0 Å². The zero-order valence-electron chi connectivity index (χ0n) is 16.5. The van der Waals surface area contributed by atoms with Crippen LogP contribution in [0.3, 0.4) is 0 Å². The molecule has 0 heterocycles. The van der Waals surface area contributed by atoms with Crippen LogP contribution in [0, 0.1) is 29.1 Å². The maximum absolute atomic E-state index is 15.0. The van der Waals surface area contributed by atoms with Crippen molar-refractivity contribution in [1.29, 1.82) is 0 Å². The minimum Gasteiger partial charge on any atom is -0.203 e. The fourth-order valence-corrected chi connectivity index (χ4v) is 4.90. The summed E-state index contributed by atoms with van der Waals surface area (Å²) in [5.74, 6) is -9.89. The number of hydrogen-bond donors (Lipinski definition) is 0. The predicted molar refractivity (Wildman–Crippen MR) is 128 cm³/mol. The number of hydrogen-bond acceptors (Lipinski definition) is 0. The molecule has 0 unspecified atom stereocenters. The Bertz CT molecular complexity index is 1550. The van der Waals surface area contributed by atoms with Gasteiger partial charge in [-0.2, -0.15) is 0 Å². The smallest absolute Gasteiger partial charge is 0.200 e. The van der Waals surface area contributed by atoms with Crippen molar-refractivity contribution in [2.24, 2.45) is 0 Å². The second-order valence-corrected chi connectivity index (χ2v) is 9.27. The maximum atomic E-state index is 15.0. The topological polar surface area (TPSA) is 0 Å². The Hall–Kier alpha value is -2.77. The lowest BCUT2D eigenvalue weighted by atomic mass is 9.85. The van der Waals surface area contributed by atoms with Crippen molar-refractivity contribution in [3.63, 3.8) is 0 Å². The summed E-state index contributed by atoms with van der Waals surface area (Å²) < 4.78 is 73.5. The molecule has 7 heteroatoms. The Morgan fingerprint density at radius 1 is 0.424 bits per heavy atom. The fourth-order valence-electron chi connectivity index (χ4n) is 4.18. The van der Waals surface area contributed by atoms with Crippen molar-refractivity contribution in [3.05, 3.63) is 105 Å². The van der Waals surface area contributed by atoms with Crippen LogP contribution < -0.4 is 0 Å². The second kappa shape index (κ2) is 8.22. The van der Waals surface area contributed by atoms with Crippen LogP contribution in [0.15, 0.2) is 75.7 Å². The minimum atomic E-state index is -2.19. The van der Waals surface area contributed by atoms with Crippen molar-refractivity contribution < 1.29 is 22.0 Å². The third kappa shape index (κ3) is 3.45. The zero-order chi connectivity index (χ0) is 23.4. The van der Waals surface area contributed by atoms with Gasteiger partial charge in [0.25, 0.3) is 0 Å². The highest BCUT2D eigenvalue weighted by atomic mass is 79.9. The van der Waals surface area contributed by atoms with Gasteiger partial charge in [-0.05, 0) is 56.9 Å². The van der Waals surface area contributed by atoms with Crippen molar-refractivity contribution in [2.45, 2.75) is 0 Å². The summed E-state index contributed by atoms with van der Waals surface area (Å²) in [6.45, 7) is 0. The number of fused-ring (bicyclic) bond motifs is 2. The van der Waals surface area contributed by atoms with E-state index in [1.807, 2.05) is 30.3 Å². The second-order valence-electron chi connectivity index (χ2n) is 7.44. The van der Waals surface area contributed by atoms with E-state index in [9.17, 15) is 13.2 Å². The third-order valence-electron chi connectivity index (χ3n) is 5.56. The Morgan fingerprint density at radius 2 is 0.879 bits per heavy atom. The third-order valence-corrected chi connectivity index (χ3v) is 6.55. The van der Waals surface area contributed by atoms with Crippen LogP contribution in [0.1, 0.15) is 0 Å². The molecule has 5 aromatic rings. The van der Waals surface area contributed by atoms with Gasteiger partial charge in [-0.15, -0.1) is 0 Å². The lowest BCUT2D eigenvalue weighted by molar-refractivity contribution is 0.381. The van der Waals surface area contributed by atoms with E-state index in [-0.39, 0.29) is 5.56 Å². The van der Waals surface area contributed by atoms with Gasteiger partial charge in [-0.1, -0.05) is 74.3 Å². The lowest BCUT2D eigenvalue weighted by Crippen LogP contribution is -2.05. The average molecular weight is 578 g/mol. The van der Waals surface area contributed by atoms with Gasteiger partial charge in [-0.3, -0.25) is 0 Å². The summed E-state index contributed by atoms with van der Waals surface area (Å²) in [5.41, 5.74) is 0.599. The van der Waals surface area contributed by atoms with E-state index in [1.54, 1.807) is 36.4 Å². The van der Waals surface area contributed by atoms with Crippen molar-refractivity contribution in [1.82, 2.24) is 0 Å². The molecule has 0 aliphatic heterocycles. The Balaban J connectivity index is 2.09. The molecular weight excluding hydrogens is 567 g/mol. The summed E-state index contributed by atoms with van der Waals surface area (Å²) in [6, 6.07) is 19.6. The summed E-state index contributed by atoms with van der Waals surface area (Å²) >= 11 is 6.80. The van der Waals surface area contributed by atoms with Crippen LogP contribution in [0.5, 0.6) is 0 Å². The number of benzene rings is 5. The molecular formula is C26H11Br2F5. The first kappa shape index (κ1) is 22.0. The normalized spacial score (nSPS) is 11.5. The van der Waals surface area contributed by atoms with Gasteiger partial charge in [-0.25, -0.2) is 22.0 Å². The Morgan fingerprint density at radius 3 is 1.42 bits per heavy atom. The summed E-state index contributed by atoms with van der Waals surface area (Å²) in [5, 5.41) is 1.91. The molecule has 5 rings (SSSR count). The van der Waals surface area contributed by atoms with E-state index in [0.29, 0.717) is 30.5 Å². The molecule has 0 bridgehead atoms. The molecule has 5 aromatic carbocycles. The molecule has 0 aliphatic carbocycles. The SMILES string of the molecule is Fc1c(F)c(F)c(-c2c3ccc(Br)cc3c(-c3ccccc3)c3ccc(Br)cc23)c(F)c1F. The molecule has 0 saturated carbocycles. The highest BCUT2D eigenvalue weighted by Crippen LogP contribution is 2.47. The van der Waals surface area contributed by atoms with Gasteiger partial charge in [0, 0.05) is 14.5 Å². The first-order chi connectivity index (χ1) is 15.8. The number of rotatable bonds is 2. The summed E-state index contributed by atoms with van der Waals surface area (Å²) in [4.78, 5) is 0. The molecule has 0 nitrogen and oxygen atoms in total. The Kier molecular flexibility index (Phi) is 5.49. The Labute approximate surface area is 201 Å². The van der Waals surface area contributed by atoms with Gasteiger partial charge < -0.3 is 0 Å². The number of halogens is 7. The molecule has 0 spiro atoms. The average Bonchev–Trinajstić information content (AvgIpc) is 2.82. The monoisotopic (exact) mass is 576 g/mol. The zero-order valence-corrected chi connectivity index (χ0v) is 19.7. The molecule has 0 radical (unpaired) electrons. The molecule has 0 amide bonds. The van der Waals surface area contributed by atoms with Gasteiger partial charge in [0.05, 0.1) is 5.56 Å². The molecule has 0 aliphatic rings. The van der Waals surface area contributed by atoms with Crippen molar-refractivity contribution in [2.75, 3.05) is 0 Å². The maximum Gasteiger partial charge on any atom is 0.200 e. The molecule has 33 heavy (non-hydrogen) atoms. The van der Waals surface area contributed by atoms with Crippen LogP contribution in [-0.2, 0) is 0 Å². The minimum absolute atomic E-state index is 0.0683. The molecule has 0 aromatic heterocycles. The lowest BCUT2D eigenvalue weighted by Gasteiger charge is -2.19. The largest absolute Gasteiger partial charge is 0.203 e. The first-order valence-electron chi connectivity index (χ1n) is 9.71. The van der Waals surface area contributed by atoms with Crippen LogP contribution in [0.4, 0.5) is 22.0 Å². The van der Waals surface area contributed by atoms with Gasteiger partial charge in [0.15, 0.2) is 23.3 Å². The quantitative estimate of drug-likeness (QED) is 0.0848. The van der Waals surface area contributed by atoms with E-state index in [4.69, 9.17) is 0 Å².